The van der Waals surface area contributed by atoms with Crippen molar-refractivity contribution in [2.24, 2.45) is 0 Å². The lowest BCUT2D eigenvalue weighted by molar-refractivity contribution is 0.171. The summed E-state index contributed by atoms with van der Waals surface area (Å²) in [5.74, 6) is 0.249. The molecule has 1 N–H and O–H groups in total. The van der Waals surface area contributed by atoms with Crippen molar-refractivity contribution in [2.45, 2.75) is 36.6 Å². The molecule has 2 amide bonds. The van der Waals surface area contributed by atoms with Crippen LogP contribution in [0, 0.1) is 0 Å². The van der Waals surface area contributed by atoms with Crippen LogP contribution >= 0.6 is 0 Å². The summed E-state index contributed by atoms with van der Waals surface area (Å²) in [5.41, 5.74) is 1.37. The second-order valence-corrected chi connectivity index (χ2v) is 11.2. The van der Waals surface area contributed by atoms with Gasteiger partial charge in [0, 0.05) is 49.9 Å². The maximum absolute atomic E-state index is 13.2. The fourth-order valence-electron chi connectivity index (χ4n) is 4.81. The molecule has 8 heteroatoms. The molecule has 172 valence electrons. The molecule has 0 radical (unpaired) electrons. The van der Waals surface area contributed by atoms with Crippen molar-refractivity contribution < 1.29 is 13.2 Å². The van der Waals surface area contributed by atoms with Gasteiger partial charge < -0.3 is 15.1 Å². The highest BCUT2D eigenvalue weighted by molar-refractivity contribution is 7.89. The molecule has 0 saturated carbocycles. The molecule has 2 aromatic rings. The molecule has 0 spiro atoms. The second kappa shape index (κ2) is 8.84. The van der Waals surface area contributed by atoms with E-state index >= 15 is 0 Å². The summed E-state index contributed by atoms with van der Waals surface area (Å²) in [5, 5.41) is 2.93. The number of hydrogen-bond acceptors (Lipinski definition) is 4. The molecule has 1 unspecified atom stereocenters. The van der Waals surface area contributed by atoms with Gasteiger partial charge in [-0.2, -0.15) is 4.31 Å². The molecule has 2 aromatic carbocycles. The van der Waals surface area contributed by atoms with Gasteiger partial charge in [-0.15, -0.1) is 0 Å². The molecule has 7 nitrogen and oxygen atoms in total. The Labute approximate surface area is 191 Å². The Balaban J connectivity index is 1.49. The van der Waals surface area contributed by atoms with Gasteiger partial charge >= 0.3 is 6.03 Å². The lowest BCUT2D eigenvalue weighted by atomic mass is 9.83. The van der Waals surface area contributed by atoms with Crippen molar-refractivity contribution >= 4 is 21.7 Å². The molecule has 0 aromatic heterocycles. The summed E-state index contributed by atoms with van der Waals surface area (Å²) in [6, 6.07) is 16.6. The van der Waals surface area contributed by atoms with Crippen LogP contribution in [0.2, 0.25) is 0 Å². The van der Waals surface area contributed by atoms with E-state index in [2.05, 4.69) is 36.2 Å². The van der Waals surface area contributed by atoms with Gasteiger partial charge in [0.1, 0.15) is 0 Å². The van der Waals surface area contributed by atoms with E-state index in [9.17, 15) is 13.2 Å². The van der Waals surface area contributed by atoms with Crippen LogP contribution in [-0.2, 0) is 10.0 Å². The number of benzene rings is 2. The zero-order valence-corrected chi connectivity index (χ0v) is 19.8. The Bertz CT molecular complexity index is 1060. The molecule has 4 rings (SSSR count). The van der Waals surface area contributed by atoms with E-state index in [1.54, 1.807) is 24.3 Å². The van der Waals surface area contributed by atoms with Gasteiger partial charge in [-0.05, 0) is 51.1 Å². The van der Waals surface area contributed by atoms with E-state index in [0.717, 1.165) is 6.42 Å². The highest BCUT2D eigenvalue weighted by atomic mass is 32.2. The summed E-state index contributed by atoms with van der Waals surface area (Å²) >= 11 is 0. The molecule has 2 aliphatic heterocycles. The Morgan fingerprint density at radius 1 is 0.969 bits per heavy atom. The van der Waals surface area contributed by atoms with Crippen molar-refractivity contribution in [3.63, 3.8) is 0 Å². The number of hydrogen-bond donors (Lipinski definition) is 1. The SMILES string of the molecule is CN1CCN(S(=O)(=O)c2cccc(NC(=O)N3CCC(c4ccccc4)C3(C)C)c2)CC1. The van der Waals surface area contributed by atoms with E-state index in [1.165, 1.54) is 9.87 Å². The van der Waals surface area contributed by atoms with Crippen molar-refractivity contribution in [3.8, 4) is 0 Å². The number of carbonyl (C=O) groups is 1. The van der Waals surface area contributed by atoms with E-state index in [-0.39, 0.29) is 22.4 Å². The summed E-state index contributed by atoms with van der Waals surface area (Å²) in [7, 11) is -1.60. The van der Waals surface area contributed by atoms with E-state index in [4.69, 9.17) is 0 Å². The molecule has 32 heavy (non-hydrogen) atoms. The highest BCUT2D eigenvalue weighted by Gasteiger charge is 2.44. The van der Waals surface area contributed by atoms with Gasteiger partial charge in [-0.25, -0.2) is 13.2 Å². The maximum Gasteiger partial charge on any atom is 0.322 e. The Morgan fingerprint density at radius 2 is 1.66 bits per heavy atom. The summed E-state index contributed by atoms with van der Waals surface area (Å²) < 4.78 is 27.7. The van der Waals surface area contributed by atoms with Crippen LogP contribution in [0.4, 0.5) is 10.5 Å². The van der Waals surface area contributed by atoms with Gasteiger partial charge in [-0.1, -0.05) is 36.4 Å². The monoisotopic (exact) mass is 456 g/mol. The summed E-state index contributed by atoms with van der Waals surface area (Å²) in [4.78, 5) is 17.3. The Hall–Kier alpha value is -2.42. The fourth-order valence-corrected chi connectivity index (χ4v) is 6.28. The first-order valence-corrected chi connectivity index (χ1v) is 12.6. The van der Waals surface area contributed by atoms with Crippen LogP contribution in [0.1, 0.15) is 31.7 Å². The highest BCUT2D eigenvalue weighted by Crippen LogP contribution is 2.42. The van der Waals surface area contributed by atoms with E-state index in [0.29, 0.717) is 38.4 Å². The number of urea groups is 1. The molecular formula is C24H32N4O3S. The Kier molecular flexibility index (Phi) is 6.29. The zero-order valence-electron chi connectivity index (χ0n) is 19.0. The van der Waals surface area contributed by atoms with Gasteiger partial charge in [0.25, 0.3) is 0 Å². The Morgan fingerprint density at radius 3 is 2.34 bits per heavy atom. The second-order valence-electron chi connectivity index (χ2n) is 9.22. The number of rotatable bonds is 4. The molecule has 0 aliphatic carbocycles. The average Bonchev–Trinajstić information content (AvgIpc) is 3.09. The first-order valence-electron chi connectivity index (χ1n) is 11.1. The standard InChI is InChI=1S/C24H32N4O3S/c1-24(2)22(19-8-5-4-6-9-19)12-13-28(24)23(29)25-20-10-7-11-21(18-20)32(30,31)27-16-14-26(3)15-17-27/h4-11,18,22H,12-17H2,1-3H3,(H,25,29). The van der Waals surface area contributed by atoms with Gasteiger partial charge in [0.2, 0.25) is 10.0 Å². The lowest BCUT2D eigenvalue weighted by Gasteiger charge is -2.36. The van der Waals surface area contributed by atoms with Crippen LogP contribution in [0.5, 0.6) is 0 Å². The number of amides is 2. The van der Waals surface area contributed by atoms with Crippen LogP contribution in [0.3, 0.4) is 0 Å². The van der Waals surface area contributed by atoms with E-state index in [1.807, 2.05) is 30.1 Å². The zero-order chi connectivity index (χ0) is 22.9. The maximum atomic E-state index is 13.2. The first-order chi connectivity index (χ1) is 15.2. The minimum Gasteiger partial charge on any atom is -0.319 e. The normalized spacial score (nSPS) is 22.1. The predicted octanol–water partition coefficient (Wildman–Crippen LogP) is 3.42. The number of anilines is 1. The van der Waals surface area contributed by atoms with Crippen molar-refractivity contribution in [1.29, 1.82) is 0 Å². The molecule has 2 fully saturated rings. The quantitative estimate of drug-likeness (QED) is 0.765. The fraction of sp³-hybridized carbons (Fsp3) is 0.458. The molecular weight excluding hydrogens is 424 g/mol. The molecule has 1 atom stereocenters. The number of nitrogens with one attached hydrogen (secondary N) is 1. The van der Waals surface area contributed by atoms with Crippen LogP contribution in [0.15, 0.2) is 59.5 Å². The minimum atomic E-state index is -3.59. The predicted molar refractivity (Wildman–Crippen MR) is 126 cm³/mol. The molecule has 2 heterocycles. The number of sulfonamides is 1. The third-order valence-electron chi connectivity index (χ3n) is 6.82. The third kappa shape index (κ3) is 4.40. The number of likely N-dealkylation sites (N-methyl/N-ethyl adjacent to an activating group) is 1. The lowest BCUT2D eigenvalue weighted by Crippen LogP contribution is -2.47. The average molecular weight is 457 g/mol. The van der Waals surface area contributed by atoms with Crippen molar-refractivity contribution in [3.05, 3.63) is 60.2 Å². The van der Waals surface area contributed by atoms with Crippen molar-refractivity contribution in [1.82, 2.24) is 14.1 Å². The van der Waals surface area contributed by atoms with Crippen molar-refractivity contribution in [2.75, 3.05) is 45.1 Å². The number of carbonyl (C=O) groups excluding carboxylic acids is 1. The van der Waals surface area contributed by atoms with Crippen LogP contribution < -0.4 is 5.32 Å². The van der Waals surface area contributed by atoms with Gasteiger partial charge in [-0.3, -0.25) is 0 Å². The smallest absolute Gasteiger partial charge is 0.319 e. The van der Waals surface area contributed by atoms with E-state index < -0.39 is 10.0 Å². The van der Waals surface area contributed by atoms with Gasteiger partial charge in [0.05, 0.1) is 4.90 Å². The summed E-state index contributed by atoms with van der Waals surface area (Å²) in [6.45, 7) is 7.19. The largest absolute Gasteiger partial charge is 0.322 e. The third-order valence-corrected chi connectivity index (χ3v) is 8.72. The number of likely N-dealkylation sites (tertiary alicyclic amines) is 1. The van der Waals surface area contributed by atoms with Crippen LogP contribution in [-0.4, -0.2) is 73.9 Å². The van der Waals surface area contributed by atoms with Crippen LogP contribution in [0.25, 0.3) is 0 Å². The number of nitrogens with zero attached hydrogens (tertiary/aromatic N) is 3. The number of piperazine rings is 1. The molecule has 2 saturated heterocycles. The topological polar surface area (TPSA) is 73.0 Å². The molecule has 2 aliphatic rings. The summed E-state index contributed by atoms with van der Waals surface area (Å²) in [6.07, 6.45) is 0.891. The first kappa shape index (κ1) is 22.8. The minimum absolute atomic E-state index is 0.206. The van der Waals surface area contributed by atoms with Gasteiger partial charge in [0.15, 0.2) is 0 Å². The molecule has 0 bridgehead atoms.